The normalized spacial score (nSPS) is 28.3. The summed E-state index contributed by atoms with van der Waals surface area (Å²) in [6.07, 6.45) is 4.09. The standard InChI is InChI=1S/C10H17NO2/c1-2-8-7-11-6-5-9(8)3-4-10(12)13/h2,8-9,11H,1,3-7H2,(H,12,13). The molecule has 2 unspecified atom stereocenters. The lowest BCUT2D eigenvalue weighted by Crippen LogP contribution is -2.35. The maximum Gasteiger partial charge on any atom is 0.303 e. The quantitative estimate of drug-likeness (QED) is 0.645. The van der Waals surface area contributed by atoms with E-state index in [9.17, 15) is 4.79 Å². The minimum Gasteiger partial charge on any atom is -0.481 e. The third kappa shape index (κ3) is 3.19. The number of aliphatic carboxylic acids is 1. The van der Waals surface area contributed by atoms with Crippen LogP contribution in [0.15, 0.2) is 12.7 Å². The summed E-state index contributed by atoms with van der Waals surface area (Å²) in [5.41, 5.74) is 0. The second kappa shape index (κ2) is 5.02. The van der Waals surface area contributed by atoms with E-state index in [0.717, 1.165) is 25.9 Å². The van der Waals surface area contributed by atoms with Gasteiger partial charge in [0.25, 0.3) is 0 Å². The molecule has 0 aromatic carbocycles. The molecule has 1 rings (SSSR count). The molecule has 74 valence electrons. The van der Waals surface area contributed by atoms with Crippen molar-refractivity contribution < 1.29 is 9.90 Å². The van der Waals surface area contributed by atoms with Gasteiger partial charge in [-0.1, -0.05) is 6.08 Å². The summed E-state index contributed by atoms with van der Waals surface area (Å²) in [6.45, 7) is 5.73. The number of piperidine rings is 1. The third-order valence-corrected chi connectivity index (χ3v) is 2.71. The molecule has 3 nitrogen and oxygen atoms in total. The molecule has 0 radical (unpaired) electrons. The zero-order valence-corrected chi connectivity index (χ0v) is 7.83. The molecule has 0 aromatic rings. The van der Waals surface area contributed by atoms with Gasteiger partial charge in [-0.05, 0) is 31.2 Å². The lowest BCUT2D eigenvalue weighted by atomic mass is 9.83. The molecule has 0 saturated carbocycles. The minimum absolute atomic E-state index is 0.287. The highest BCUT2D eigenvalue weighted by Gasteiger charge is 2.22. The van der Waals surface area contributed by atoms with Crippen LogP contribution < -0.4 is 5.32 Å². The molecule has 0 aliphatic carbocycles. The number of carboxylic acids is 1. The lowest BCUT2D eigenvalue weighted by Gasteiger charge is -2.29. The van der Waals surface area contributed by atoms with Crippen molar-refractivity contribution in [1.82, 2.24) is 5.32 Å². The van der Waals surface area contributed by atoms with E-state index >= 15 is 0 Å². The largest absolute Gasteiger partial charge is 0.481 e. The highest BCUT2D eigenvalue weighted by atomic mass is 16.4. The second-order valence-corrected chi connectivity index (χ2v) is 3.58. The average molecular weight is 183 g/mol. The summed E-state index contributed by atoms with van der Waals surface area (Å²) >= 11 is 0. The van der Waals surface area contributed by atoms with Gasteiger partial charge in [0.15, 0.2) is 0 Å². The molecule has 2 atom stereocenters. The van der Waals surface area contributed by atoms with Gasteiger partial charge in [-0.3, -0.25) is 4.79 Å². The molecule has 13 heavy (non-hydrogen) atoms. The zero-order chi connectivity index (χ0) is 9.68. The van der Waals surface area contributed by atoms with Crippen LogP contribution in [0.1, 0.15) is 19.3 Å². The molecular formula is C10H17NO2. The van der Waals surface area contributed by atoms with Crippen LogP contribution in [0.2, 0.25) is 0 Å². The van der Waals surface area contributed by atoms with Crippen molar-refractivity contribution in [3.63, 3.8) is 0 Å². The van der Waals surface area contributed by atoms with Crippen LogP contribution in [0.25, 0.3) is 0 Å². The Morgan fingerprint density at radius 1 is 1.69 bits per heavy atom. The smallest absolute Gasteiger partial charge is 0.303 e. The molecule has 1 heterocycles. The number of hydrogen-bond donors (Lipinski definition) is 2. The first kappa shape index (κ1) is 10.3. The van der Waals surface area contributed by atoms with Crippen molar-refractivity contribution in [3.8, 4) is 0 Å². The van der Waals surface area contributed by atoms with Crippen LogP contribution in [0.4, 0.5) is 0 Å². The van der Waals surface area contributed by atoms with Gasteiger partial charge in [0.1, 0.15) is 0 Å². The Hall–Kier alpha value is -0.830. The number of hydrogen-bond acceptors (Lipinski definition) is 2. The van der Waals surface area contributed by atoms with Crippen molar-refractivity contribution in [3.05, 3.63) is 12.7 Å². The van der Waals surface area contributed by atoms with E-state index in [1.165, 1.54) is 0 Å². The van der Waals surface area contributed by atoms with E-state index in [2.05, 4.69) is 11.9 Å². The fourth-order valence-corrected chi connectivity index (χ4v) is 1.88. The molecule has 0 spiro atoms. The summed E-state index contributed by atoms with van der Waals surface area (Å²) in [7, 11) is 0. The highest BCUT2D eigenvalue weighted by molar-refractivity contribution is 5.66. The molecule has 1 saturated heterocycles. The van der Waals surface area contributed by atoms with Gasteiger partial charge < -0.3 is 10.4 Å². The number of rotatable bonds is 4. The molecule has 0 amide bonds. The van der Waals surface area contributed by atoms with Crippen LogP contribution in [0, 0.1) is 11.8 Å². The Morgan fingerprint density at radius 2 is 2.46 bits per heavy atom. The van der Waals surface area contributed by atoms with Crippen molar-refractivity contribution in [2.45, 2.75) is 19.3 Å². The van der Waals surface area contributed by atoms with Crippen molar-refractivity contribution >= 4 is 5.97 Å². The SMILES string of the molecule is C=CC1CNCCC1CCC(=O)O. The number of carbonyl (C=O) groups is 1. The van der Waals surface area contributed by atoms with Crippen LogP contribution in [0.5, 0.6) is 0 Å². The first-order chi connectivity index (χ1) is 6.24. The van der Waals surface area contributed by atoms with E-state index in [4.69, 9.17) is 5.11 Å². The van der Waals surface area contributed by atoms with Crippen molar-refractivity contribution in [1.29, 1.82) is 0 Å². The van der Waals surface area contributed by atoms with Crippen LogP contribution in [-0.2, 0) is 4.79 Å². The first-order valence-electron chi connectivity index (χ1n) is 4.79. The highest BCUT2D eigenvalue weighted by Crippen LogP contribution is 2.24. The topological polar surface area (TPSA) is 49.3 Å². The molecule has 3 heteroatoms. The van der Waals surface area contributed by atoms with E-state index in [1.54, 1.807) is 0 Å². The Kier molecular flexibility index (Phi) is 3.96. The van der Waals surface area contributed by atoms with Crippen LogP contribution in [0.3, 0.4) is 0 Å². The average Bonchev–Trinajstić information content (AvgIpc) is 2.15. The van der Waals surface area contributed by atoms with Crippen molar-refractivity contribution in [2.75, 3.05) is 13.1 Å². The molecule has 0 bridgehead atoms. The Balaban J connectivity index is 2.35. The fourth-order valence-electron chi connectivity index (χ4n) is 1.88. The Bertz CT molecular complexity index is 191. The number of nitrogens with one attached hydrogen (secondary N) is 1. The predicted molar refractivity (Wildman–Crippen MR) is 51.5 cm³/mol. The van der Waals surface area contributed by atoms with Crippen LogP contribution in [-0.4, -0.2) is 24.2 Å². The summed E-state index contributed by atoms with van der Waals surface area (Å²) in [4.78, 5) is 10.4. The molecule has 2 N–H and O–H groups in total. The number of carboxylic acid groups (broad SMARTS) is 1. The lowest BCUT2D eigenvalue weighted by molar-refractivity contribution is -0.137. The van der Waals surface area contributed by atoms with Gasteiger partial charge in [-0.25, -0.2) is 0 Å². The van der Waals surface area contributed by atoms with Gasteiger partial charge in [-0.15, -0.1) is 6.58 Å². The maximum atomic E-state index is 10.4. The Labute approximate surface area is 78.8 Å². The molecule has 1 fully saturated rings. The van der Waals surface area contributed by atoms with E-state index in [1.807, 2.05) is 6.08 Å². The fraction of sp³-hybridized carbons (Fsp3) is 0.700. The van der Waals surface area contributed by atoms with Gasteiger partial charge >= 0.3 is 5.97 Å². The van der Waals surface area contributed by atoms with Gasteiger partial charge in [0, 0.05) is 13.0 Å². The summed E-state index contributed by atoms with van der Waals surface area (Å²) in [5, 5.41) is 11.8. The predicted octanol–water partition coefficient (Wildman–Crippen LogP) is 1.26. The van der Waals surface area contributed by atoms with Crippen LogP contribution >= 0.6 is 0 Å². The monoisotopic (exact) mass is 183 g/mol. The van der Waals surface area contributed by atoms with E-state index < -0.39 is 5.97 Å². The summed E-state index contributed by atoms with van der Waals surface area (Å²) < 4.78 is 0. The molecular weight excluding hydrogens is 166 g/mol. The summed E-state index contributed by atoms with van der Waals surface area (Å²) in [5.74, 6) is 0.268. The minimum atomic E-state index is -0.693. The molecule has 1 aliphatic heterocycles. The van der Waals surface area contributed by atoms with Crippen molar-refractivity contribution in [2.24, 2.45) is 11.8 Å². The van der Waals surface area contributed by atoms with Gasteiger partial charge in [0.2, 0.25) is 0 Å². The van der Waals surface area contributed by atoms with E-state index in [0.29, 0.717) is 11.8 Å². The second-order valence-electron chi connectivity index (χ2n) is 3.58. The first-order valence-corrected chi connectivity index (χ1v) is 4.79. The van der Waals surface area contributed by atoms with E-state index in [-0.39, 0.29) is 6.42 Å². The maximum absolute atomic E-state index is 10.4. The zero-order valence-electron chi connectivity index (χ0n) is 7.83. The Morgan fingerprint density at radius 3 is 3.08 bits per heavy atom. The molecule has 1 aliphatic rings. The third-order valence-electron chi connectivity index (χ3n) is 2.71. The molecule has 0 aromatic heterocycles. The van der Waals surface area contributed by atoms with Gasteiger partial charge in [0.05, 0.1) is 0 Å². The summed E-state index contributed by atoms with van der Waals surface area (Å²) in [6, 6.07) is 0. The van der Waals surface area contributed by atoms with Gasteiger partial charge in [-0.2, -0.15) is 0 Å².